The molecular weight excluding hydrogens is 585 g/mol. The summed E-state index contributed by atoms with van der Waals surface area (Å²) in [5.41, 5.74) is 7.07. The normalized spacial score (nSPS) is 15.9. The van der Waals surface area contributed by atoms with E-state index < -0.39 is 12.7 Å². The molecule has 4 aromatic rings. The number of ether oxygens (including phenoxy) is 1. The fourth-order valence-electron chi connectivity index (χ4n) is 6.35. The van der Waals surface area contributed by atoms with Gasteiger partial charge >= 0.3 is 0 Å². The number of nitrogens with one attached hydrogen (secondary N) is 2. The molecule has 2 unspecified atom stereocenters. The van der Waals surface area contributed by atoms with Gasteiger partial charge in [-0.15, -0.1) is 0 Å². The zero-order valence-corrected chi connectivity index (χ0v) is 26.4. The van der Waals surface area contributed by atoms with Crippen molar-refractivity contribution in [2.24, 2.45) is 0 Å². The number of piperazine rings is 1. The smallest absolute Gasteiger partial charge is 0.282 e. The van der Waals surface area contributed by atoms with Crippen LogP contribution in [0, 0.1) is 27.7 Å². The van der Waals surface area contributed by atoms with E-state index >= 15 is 0 Å². The lowest BCUT2D eigenvalue weighted by Crippen LogP contribution is -2.51. The number of H-pyrrole nitrogens is 1. The van der Waals surface area contributed by atoms with Crippen molar-refractivity contribution < 1.29 is 22.7 Å². The lowest BCUT2D eigenvalue weighted by Gasteiger charge is -2.39. The zero-order chi connectivity index (χ0) is 32.6. The number of fused-ring (bicyclic) bond motifs is 1. The molecule has 1 fully saturated rings. The van der Waals surface area contributed by atoms with E-state index in [-0.39, 0.29) is 37.1 Å². The highest BCUT2D eigenvalue weighted by Gasteiger charge is 2.33. The predicted octanol–water partition coefficient (Wildman–Crippen LogP) is 5.10. The van der Waals surface area contributed by atoms with Crippen molar-refractivity contribution in [3.63, 3.8) is 0 Å². The van der Waals surface area contributed by atoms with E-state index in [1.54, 1.807) is 13.0 Å². The quantitative estimate of drug-likeness (QED) is 0.252. The Balaban J connectivity index is 1.55. The van der Waals surface area contributed by atoms with Gasteiger partial charge in [0.1, 0.15) is 5.75 Å². The molecule has 5 rings (SSSR count). The average molecular weight is 625 g/mol. The third kappa shape index (κ3) is 6.48. The van der Waals surface area contributed by atoms with Crippen LogP contribution in [-0.4, -0.2) is 76.1 Å². The van der Waals surface area contributed by atoms with Crippen molar-refractivity contribution >= 4 is 11.4 Å². The summed E-state index contributed by atoms with van der Waals surface area (Å²) in [6, 6.07) is 9.33. The minimum Gasteiger partial charge on any atom is -0.496 e. The molecule has 12 heteroatoms. The predicted molar refractivity (Wildman–Crippen MR) is 167 cm³/mol. The first-order valence-corrected chi connectivity index (χ1v) is 14.9. The molecule has 1 saturated heterocycles. The van der Waals surface area contributed by atoms with E-state index in [4.69, 9.17) is 4.74 Å². The Morgan fingerprint density at radius 1 is 1.02 bits per heavy atom. The van der Waals surface area contributed by atoms with Gasteiger partial charge in [0.15, 0.2) is 0 Å². The number of hydrogen-bond acceptors (Lipinski definition) is 6. The van der Waals surface area contributed by atoms with Crippen LogP contribution in [0.5, 0.6) is 5.75 Å². The summed E-state index contributed by atoms with van der Waals surface area (Å²) >= 11 is 0. The van der Waals surface area contributed by atoms with Crippen molar-refractivity contribution in [1.29, 1.82) is 0 Å². The van der Waals surface area contributed by atoms with E-state index in [9.17, 15) is 22.8 Å². The van der Waals surface area contributed by atoms with E-state index in [2.05, 4.69) is 24.6 Å². The average Bonchev–Trinajstić information content (AvgIpc) is 3.42. The Morgan fingerprint density at radius 3 is 2.29 bits per heavy atom. The van der Waals surface area contributed by atoms with Crippen LogP contribution in [-0.2, 0) is 6.54 Å². The number of pyridine rings is 3. The number of carbonyl (C=O) groups excluding carboxylic acids is 1. The van der Waals surface area contributed by atoms with Crippen LogP contribution in [0.25, 0.3) is 16.6 Å². The highest BCUT2D eigenvalue weighted by atomic mass is 19.3. The third-order valence-electron chi connectivity index (χ3n) is 8.62. The molecule has 0 saturated carbocycles. The summed E-state index contributed by atoms with van der Waals surface area (Å²) in [5.74, 6) is 0.0265. The Morgan fingerprint density at radius 2 is 1.67 bits per heavy atom. The zero-order valence-electron chi connectivity index (χ0n) is 26.4. The number of hydrogen-bond donors (Lipinski definition) is 2. The van der Waals surface area contributed by atoms with Gasteiger partial charge in [-0.25, -0.2) is 13.2 Å². The number of aromatic amines is 1. The number of nitrogens with zero attached hydrogens (tertiary/aromatic N) is 4. The lowest BCUT2D eigenvalue weighted by molar-refractivity contribution is -0.0688. The molecule has 240 valence electrons. The number of alkyl halides is 3. The minimum atomic E-state index is -3.06. The standard InChI is InChI=1S/C33H39F3N6O3/c1-18-13-23(14-19(2)38-18)24-7-8-42-27(24)16-25(32(43)37-17-26-28(45-6)15-20(3)39-33(26)44)21(4)29(42)22(5)40-9-11-41(12-10-40)31(36)30(34)35/h7-8,13-16,22,30-31H,9-12,17H2,1-6H3,(H,37,43)(H,39,44). The SMILES string of the molecule is COc1cc(C)[nH]c(=O)c1CNC(=O)c1cc2c(-c3cc(C)nc(C)c3)ccn2c(C(C)N2CCN(C(F)C(F)F)CC2)c1C. The molecule has 2 atom stereocenters. The molecule has 5 heterocycles. The molecule has 1 aliphatic heterocycles. The Labute approximate surface area is 260 Å². The Bertz CT molecular complexity index is 1760. The number of carbonyl (C=O) groups is 1. The molecular formula is C33H39F3N6O3. The molecule has 2 N–H and O–H groups in total. The molecule has 4 aromatic heterocycles. The van der Waals surface area contributed by atoms with Crippen molar-refractivity contribution in [2.75, 3.05) is 33.3 Å². The molecule has 1 amide bonds. The van der Waals surface area contributed by atoms with Crippen LogP contribution >= 0.6 is 0 Å². The fraction of sp³-hybridized carbons (Fsp3) is 0.424. The maximum absolute atomic E-state index is 14.1. The Kier molecular flexibility index (Phi) is 9.36. The van der Waals surface area contributed by atoms with Gasteiger partial charge in [-0.3, -0.25) is 24.4 Å². The molecule has 0 aromatic carbocycles. The minimum absolute atomic E-state index is 0.0414. The molecule has 0 radical (unpaired) electrons. The highest BCUT2D eigenvalue weighted by Crippen LogP contribution is 2.34. The van der Waals surface area contributed by atoms with Gasteiger partial charge in [0.25, 0.3) is 17.9 Å². The van der Waals surface area contributed by atoms with Crippen molar-refractivity contribution in [3.05, 3.63) is 86.3 Å². The molecule has 0 spiro atoms. The number of amides is 1. The van der Waals surface area contributed by atoms with Gasteiger partial charge < -0.3 is 19.4 Å². The first-order valence-electron chi connectivity index (χ1n) is 14.9. The second kappa shape index (κ2) is 13.1. The van der Waals surface area contributed by atoms with Crippen LogP contribution < -0.4 is 15.6 Å². The van der Waals surface area contributed by atoms with E-state index in [1.165, 1.54) is 12.0 Å². The van der Waals surface area contributed by atoms with Gasteiger partial charge in [-0.05, 0) is 76.1 Å². The molecule has 1 aliphatic rings. The van der Waals surface area contributed by atoms with Gasteiger partial charge in [0.05, 0.1) is 24.7 Å². The number of methoxy groups -OCH3 is 1. The highest BCUT2D eigenvalue weighted by molar-refractivity contribution is 5.98. The van der Waals surface area contributed by atoms with E-state index in [1.807, 2.05) is 58.2 Å². The maximum atomic E-state index is 14.1. The second-order valence-corrected chi connectivity index (χ2v) is 11.7. The molecule has 9 nitrogen and oxygen atoms in total. The van der Waals surface area contributed by atoms with Gasteiger partial charge in [0.2, 0.25) is 6.30 Å². The maximum Gasteiger partial charge on any atom is 0.282 e. The summed E-state index contributed by atoms with van der Waals surface area (Å²) in [6.07, 6.45) is -3.38. The number of aromatic nitrogens is 3. The molecule has 45 heavy (non-hydrogen) atoms. The lowest BCUT2D eigenvalue weighted by atomic mass is 9.98. The van der Waals surface area contributed by atoms with Crippen LogP contribution in [0.15, 0.2) is 41.3 Å². The number of rotatable bonds is 9. The Hall–Kier alpha value is -4.16. The summed E-state index contributed by atoms with van der Waals surface area (Å²) in [6.45, 7) is 10.6. The first-order chi connectivity index (χ1) is 21.4. The van der Waals surface area contributed by atoms with Gasteiger partial charge in [-0.2, -0.15) is 0 Å². The van der Waals surface area contributed by atoms with Crippen LogP contribution in [0.2, 0.25) is 0 Å². The largest absolute Gasteiger partial charge is 0.496 e. The van der Waals surface area contributed by atoms with E-state index in [0.717, 1.165) is 39.3 Å². The number of halogens is 3. The van der Waals surface area contributed by atoms with Gasteiger partial charge in [0, 0.05) is 72.3 Å². The van der Waals surface area contributed by atoms with Crippen LogP contribution in [0.3, 0.4) is 0 Å². The topological polar surface area (TPSA) is 95.0 Å². The monoisotopic (exact) mass is 624 g/mol. The first kappa shape index (κ1) is 32.2. The third-order valence-corrected chi connectivity index (χ3v) is 8.62. The summed E-state index contributed by atoms with van der Waals surface area (Å²) in [7, 11) is 1.48. The molecule has 0 bridgehead atoms. The van der Waals surface area contributed by atoms with Crippen molar-refractivity contribution in [2.45, 2.75) is 59.9 Å². The van der Waals surface area contributed by atoms with Gasteiger partial charge in [-0.1, -0.05) is 0 Å². The number of aryl methyl sites for hydroxylation is 3. The van der Waals surface area contributed by atoms with Crippen molar-refractivity contribution in [3.8, 4) is 16.9 Å². The molecule has 0 aliphatic carbocycles. The summed E-state index contributed by atoms with van der Waals surface area (Å²) in [4.78, 5) is 37.1. The van der Waals surface area contributed by atoms with Crippen LogP contribution in [0.4, 0.5) is 13.2 Å². The second-order valence-electron chi connectivity index (χ2n) is 11.7. The summed E-state index contributed by atoms with van der Waals surface area (Å²) < 4.78 is 47.6. The summed E-state index contributed by atoms with van der Waals surface area (Å²) in [5, 5.41) is 2.91. The van der Waals surface area contributed by atoms with Crippen molar-refractivity contribution in [1.82, 2.24) is 29.5 Å². The van der Waals surface area contributed by atoms with E-state index in [0.29, 0.717) is 35.7 Å². The van der Waals surface area contributed by atoms with Crippen LogP contribution in [0.1, 0.15) is 57.2 Å². The fourth-order valence-corrected chi connectivity index (χ4v) is 6.35.